The molecule has 5 rings (SSSR count). The summed E-state index contributed by atoms with van der Waals surface area (Å²) < 4.78 is 5.69. The molecule has 0 spiro atoms. The van der Waals surface area contributed by atoms with Gasteiger partial charge in [-0.2, -0.15) is 0 Å². The average molecular weight is 559 g/mol. The first-order valence-corrected chi connectivity index (χ1v) is 12.7. The minimum absolute atomic E-state index is 0.0394. The van der Waals surface area contributed by atoms with Gasteiger partial charge in [0.2, 0.25) is 6.23 Å². The van der Waals surface area contributed by atoms with Crippen molar-refractivity contribution in [2.45, 2.75) is 31.2 Å². The van der Waals surface area contributed by atoms with E-state index in [1.807, 2.05) is 6.07 Å². The van der Waals surface area contributed by atoms with Crippen LogP contribution in [0.3, 0.4) is 0 Å². The maximum absolute atomic E-state index is 13.7. The summed E-state index contributed by atoms with van der Waals surface area (Å²) in [5.74, 6) is -3.19. The molecular weight excluding hydrogens is 528 g/mol. The number of carbonyl (C=O) groups excluding carboxylic acids is 4. The Hall–Kier alpha value is -4.87. The topological polar surface area (TPSA) is 173 Å². The van der Waals surface area contributed by atoms with Crippen LogP contribution in [-0.2, 0) is 14.3 Å². The molecule has 3 aromatic rings. The summed E-state index contributed by atoms with van der Waals surface area (Å²) in [6, 6.07) is 24.0. The monoisotopic (exact) mass is 558 g/mol. The van der Waals surface area contributed by atoms with Crippen LogP contribution in [0.15, 0.2) is 84.9 Å². The second-order valence-electron chi connectivity index (χ2n) is 10.2. The van der Waals surface area contributed by atoms with Gasteiger partial charge in [-0.15, -0.1) is 0 Å². The van der Waals surface area contributed by atoms with Gasteiger partial charge in [0.05, 0.1) is 17.7 Å². The van der Waals surface area contributed by atoms with Crippen molar-refractivity contribution in [2.75, 3.05) is 13.1 Å². The molecule has 1 saturated heterocycles. The first-order valence-electron chi connectivity index (χ1n) is 12.7. The molecule has 11 nitrogen and oxygen atoms in total. The fourth-order valence-corrected chi connectivity index (χ4v) is 4.44. The standard InChI is InChI=1S/C26H20N2O5.C4H10N2O2/c1-26(16-27-22(30)19-14-8-9-15-20(19)23(27)31)25(32)33-24(18-12-6-3-7-13-18)28(26)21(29)17-10-4-2-5-11-17;1-4(6,2-5)3(7)8/h2-15,24H,16H2,1H3;2,5-6H2,1H3,(H,7,8). The number of fused-ring (bicyclic) bond motifs is 1. The molecule has 3 atom stereocenters. The number of amides is 3. The van der Waals surface area contributed by atoms with Crippen molar-refractivity contribution >= 4 is 29.7 Å². The van der Waals surface area contributed by atoms with Crippen LogP contribution >= 0.6 is 0 Å². The van der Waals surface area contributed by atoms with Crippen LogP contribution in [0.25, 0.3) is 0 Å². The maximum Gasteiger partial charge on any atom is 0.336 e. The summed E-state index contributed by atoms with van der Waals surface area (Å²) >= 11 is 0. The van der Waals surface area contributed by atoms with Crippen LogP contribution in [0.4, 0.5) is 0 Å². The zero-order chi connectivity index (χ0) is 29.9. The second kappa shape index (κ2) is 11.3. The van der Waals surface area contributed by atoms with Crippen molar-refractivity contribution in [3.63, 3.8) is 0 Å². The van der Waals surface area contributed by atoms with Crippen molar-refractivity contribution in [3.05, 3.63) is 107 Å². The number of imide groups is 1. The van der Waals surface area contributed by atoms with Gasteiger partial charge in [0, 0.05) is 17.7 Å². The van der Waals surface area contributed by atoms with E-state index in [0.29, 0.717) is 11.1 Å². The number of esters is 1. The number of carbonyl (C=O) groups is 5. The Morgan fingerprint density at radius 1 is 0.902 bits per heavy atom. The quantitative estimate of drug-likeness (QED) is 0.303. The highest BCUT2D eigenvalue weighted by Gasteiger charge is 2.57. The highest BCUT2D eigenvalue weighted by Crippen LogP contribution is 2.41. The molecular formula is C30H30N4O7. The number of hydrogen-bond donors (Lipinski definition) is 3. The number of benzene rings is 3. The molecule has 11 heteroatoms. The number of hydrogen-bond acceptors (Lipinski definition) is 8. The van der Waals surface area contributed by atoms with Gasteiger partial charge in [0.15, 0.2) is 5.54 Å². The Labute approximate surface area is 236 Å². The van der Waals surface area contributed by atoms with Crippen LogP contribution in [0, 0.1) is 0 Å². The van der Waals surface area contributed by atoms with Gasteiger partial charge >= 0.3 is 11.9 Å². The number of carboxylic acids is 1. The summed E-state index contributed by atoms with van der Waals surface area (Å²) in [4.78, 5) is 65.3. The van der Waals surface area contributed by atoms with Crippen molar-refractivity contribution in [1.29, 1.82) is 0 Å². The SMILES string of the molecule is CC(N)(CN)C(=O)O.CC1(CN2C(=O)c3ccccc3C2=O)C(=O)OC(c2ccccc2)N1C(=O)c1ccccc1. The molecule has 41 heavy (non-hydrogen) atoms. The van der Waals surface area contributed by atoms with E-state index in [2.05, 4.69) is 0 Å². The Morgan fingerprint density at radius 2 is 1.39 bits per heavy atom. The number of carboxylic acid groups (broad SMARTS) is 1. The minimum atomic E-state index is -1.58. The first kappa shape index (κ1) is 29.1. The molecule has 3 unspecified atom stereocenters. The van der Waals surface area contributed by atoms with Gasteiger partial charge in [-0.05, 0) is 38.1 Å². The van der Waals surface area contributed by atoms with Gasteiger partial charge in [-0.1, -0.05) is 60.7 Å². The largest absolute Gasteiger partial charge is 0.480 e. The third kappa shape index (κ3) is 5.45. The van der Waals surface area contributed by atoms with E-state index in [4.69, 9.17) is 21.3 Å². The first-order chi connectivity index (χ1) is 19.4. The van der Waals surface area contributed by atoms with Gasteiger partial charge in [0.25, 0.3) is 17.7 Å². The predicted octanol–water partition coefficient (Wildman–Crippen LogP) is 2.19. The fourth-order valence-electron chi connectivity index (χ4n) is 4.44. The molecule has 0 radical (unpaired) electrons. The molecule has 3 aromatic carbocycles. The second-order valence-corrected chi connectivity index (χ2v) is 10.2. The van der Waals surface area contributed by atoms with Crippen LogP contribution in [0.1, 0.15) is 56.7 Å². The summed E-state index contributed by atoms with van der Waals surface area (Å²) in [6.07, 6.45) is -0.994. The van der Waals surface area contributed by atoms with E-state index in [9.17, 15) is 24.0 Å². The van der Waals surface area contributed by atoms with E-state index in [0.717, 1.165) is 4.90 Å². The number of aliphatic carboxylic acids is 1. The smallest absolute Gasteiger partial charge is 0.336 e. The van der Waals surface area contributed by atoms with E-state index < -0.39 is 47.0 Å². The molecule has 0 aromatic heterocycles. The average Bonchev–Trinajstić information content (AvgIpc) is 3.38. The molecule has 0 bridgehead atoms. The predicted molar refractivity (Wildman–Crippen MR) is 147 cm³/mol. The molecule has 0 saturated carbocycles. The molecule has 3 amide bonds. The lowest BCUT2D eigenvalue weighted by Gasteiger charge is -2.35. The van der Waals surface area contributed by atoms with Gasteiger partial charge < -0.3 is 21.3 Å². The van der Waals surface area contributed by atoms with Crippen molar-refractivity contribution in [3.8, 4) is 0 Å². The summed E-state index contributed by atoms with van der Waals surface area (Å²) in [6.45, 7) is 2.54. The molecule has 5 N–H and O–H groups in total. The Balaban J connectivity index is 0.000000426. The summed E-state index contributed by atoms with van der Waals surface area (Å²) in [5.41, 5.74) is 8.82. The molecule has 0 aliphatic carbocycles. The number of ether oxygens (including phenoxy) is 1. The lowest BCUT2D eigenvalue weighted by Crippen LogP contribution is -2.57. The van der Waals surface area contributed by atoms with Crippen molar-refractivity contribution in [2.24, 2.45) is 11.5 Å². The van der Waals surface area contributed by atoms with Crippen LogP contribution in [0.5, 0.6) is 0 Å². The number of cyclic esters (lactones) is 1. The fraction of sp³-hybridized carbons (Fsp3) is 0.233. The lowest BCUT2D eigenvalue weighted by atomic mass is 9.97. The van der Waals surface area contributed by atoms with E-state index in [1.54, 1.807) is 78.9 Å². The van der Waals surface area contributed by atoms with Gasteiger partial charge in [0.1, 0.15) is 5.54 Å². The summed E-state index contributed by atoms with van der Waals surface area (Å²) in [5, 5.41) is 8.24. The van der Waals surface area contributed by atoms with Crippen LogP contribution in [-0.4, -0.2) is 68.7 Å². The minimum Gasteiger partial charge on any atom is -0.480 e. The van der Waals surface area contributed by atoms with E-state index in [1.165, 1.54) is 18.7 Å². The van der Waals surface area contributed by atoms with Gasteiger partial charge in [-0.25, -0.2) is 4.79 Å². The molecule has 212 valence electrons. The highest BCUT2D eigenvalue weighted by molar-refractivity contribution is 6.21. The highest BCUT2D eigenvalue weighted by atomic mass is 16.6. The molecule has 2 aliphatic heterocycles. The maximum atomic E-state index is 13.7. The van der Waals surface area contributed by atoms with E-state index in [-0.39, 0.29) is 24.2 Å². The van der Waals surface area contributed by atoms with Crippen molar-refractivity contribution in [1.82, 2.24) is 9.80 Å². The molecule has 2 heterocycles. The number of rotatable bonds is 6. The third-order valence-electron chi connectivity index (χ3n) is 7.01. The number of nitrogens with two attached hydrogens (primary N) is 2. The van der Waals surface area contributed by atoms with Crippen molar-refractivity contribution < 1.29 is 33.8 Å². The number of nitrogens with zero attached hydrogens (tertiary/aromatic N) is 2. The zero-order valence-corrected chi connectivity index (χ0v) is 22.5. The Kier molecular flexibility index (Phi) is 8.04. The van der Waals surface area contributed by atoms with Crippen LogP contribution in [0.2, 0.25) is 0 Å². The molecule has 1 fully saturated rings. The normalized spacial score (nSPS) is 21.0. The summed E-state index contributed by atoms with van der Waals surface area (Å²) in [7, 11) is 0. The Bertz CT molecular complexity index is 1460. The lowest BCUT2D eigenvalue weighted by molar-refractivity contribution is -0.145. The third-order valence-corrected chi connectivity index (χ3v) is 7.01. The molecule has 2 aliphatic rings. The van der Waals surface area contributed by atoms with E-state index >= 15 is 0 Å². The zero-order valence-electron chi connectivity index (χ0n) is 22.5. The van der Waals surface area contributed by atoms with Gasteiger partial charge in [-0.3, -0.25) is 29.0 Å². The Morgan fingerprint density at radius 3 is 1.85 bits per heavy atom. The van der Waals surface area contributed by atoms with Crippen LogP contribution < -0.4 is 11.5 Å².